The van der Waals surface area contributed by atoms with Gasteiger partial charge in [-0.1, -0.05) is 12.1 Å². The fourth-order valence-electron chi connectivity index (χ4n) is 2.00. The fraction of sp³-hybridized carbons (Fsp3) is 0.333. The van der Waals surface area contributed by atoms with Gasteiger partial charge in [-0.05, 0) is 54.8 Å². The molecule has 0 radical (unpaired) electrons. The van der Waals surface area contributed by atoms with Crippen molar-refractivity contribution in [3.63, 3.8) is 0 Å². The third-order valence-electron chi connectivity index (χ3n) is 2.88. The van der Waals surface area contributed by atoms with Crippen molar-refractivity contribution < 1.29 is 8.42 Å². The zero-order valence-electron chi connectivity index (χ0n) is 12.2. The summed E-state index contributed by atoms with van der Waals surface area (Å²) in [6.07, 6.45) is 0.871. The number of sulfonamides is 1. The van der Waals surface area contributed by atoms with E-state index < -0.39 is 10.0 Å². The number of para-hydroxylation sites is 1. The lowest BCUT2D eigenvalue weighted by Gasteiger charge is -2.14. The number of hydrogen-bond donors (Lipinski definition) is 2. The summed E-state index contributed by atoms with van der Waals surface area (Å²) in [7, 11) is -3.48. The molecule has 6 heteroatoms. The van der Waals surface area contributed by atoms with E-state index in [4.69, 9.17) is 0 Å². The smallest absolute Gasteiger partial charge is 0.242 e. The second kappa shape index (κ2) is 7.06. The van der Waals surface area contributed by atoms with Gasteiger partial charge in [-0.3, -0.25) is 0 Å². The topological polar surface area (TPSA) is 58.2 Å². The van der Waals surface area contributed by atoms with E-state index >= 15 is 0 Å². The van der Waals surface area contributed by atoms with Crippen LogP contribution >= 0.6 is 11.3 Å². The summed E-state index contributed by atoms with van der Waals surface area (Å²) < 4.78 is 27.2. The molecular weight excluding hydrogens is 304 g/mol. The molecule has 2 N–H and O–H groups in total. The van der Waals surface area contributed by atoms with E-state index in [0.29, 0.717) is 17.1 Å². The molecule has 0 saturated carbocycles. The molecule has 0 bridgehead atoms. The molecule has 0 unspecified atom stereocenters. The maximum absolute atomic E-state index is 12.3. The summed E-state index contributed by atoms with van der Waals surface area (Å²) >= 11 is 1.67. The largest absolute Gasteiger partial charge is 0.384 e. The molecule has 2 aromatic rings. The summed E-state index contributed by atoms with van der Waals surface area (Å²) in [6.45, 7) is 4.32. The van der Waals surface area contributed by atoms with Crippen molar-refractivity contribution in [1.82, 2.24) is 4.72 Å². The van der Waals surface area contributed by atoms with Gasteiger partial charge in [0.25, 0.3) is 0 Å². The monoisotopic (exact) mass is 324 g/mol. The predicted octanol–water partition coefficient (Wildman–Crippen LogP) is 3.09. The second-order valence-corrected chi connectivity index (χ2v) is 7.54. The van der Waals surface area contributed by atoms with Crippen LogP contribution in [0.15, 0.2) is 46.0 Å². The van der Waals surface area contributed by atoms with Gasteiger partial charge in [0, 0.05) is 12.6 Å². The van der Waals surface area contributed by atoms with Crippen molar-refractivity contribution in [3.05, 3.63) is 46.7 Å². The Morgan fingerprint density at radius 2 is 1.95 bits per heavy atom. The number of rotatable bonds is 7. The van der Waals surface area contributed by atoms with Gasteiger partial charge < -0.3 is 5.32 Å². The molecule has 0 saturated heterocycles. The Morgan fingerprint density at radius 1 is 1.19 bits per heavy atom. The van der Waals surface area contributed by atoms with Crippen LogP contribution in [0.2, 0.25) is 0 Å². The van der Waals surface area contributed by atoms with E-state index in [1.165, 1.54) is 5.56 Å². The SMILES string of the molecule is CC(C)NS(=O)(=O)c1ccccc1NCCc1ccsc1. The molecule has 4 nitrogen and oxygen atoms in total. The van der Waals surface area contributed by atoms with Crippen molar-refractivity contribution in [1.29, 1.82) is 0 Å². The lowest BCUT2D eigenvalue weighted by Crippen LogP contribution is -2.30. The molecule has 0 amide bonds. The van der Waals surface area contributed by atoms with E-state index in [9.17, 15) is 8.42 Å². The number of nitrogens with one attached hydrogen (secondary N) is 2. The number of thiophene rings is 1. The summed E-state index contributed by atoms with van der Waals surface area (Å²) in [4.78, 5) is 0.295. The Bertz CT molecular complexity index is 665. The normalized spacial score (nSPS) is 11.8. The molecule has 114 valence electrons. The van der Waals surface area contributed by atoms with Crippen LogP contribution < -0.4 is 10.0 Å². The third-order valence-corrected chi connectivity index (χ3v) is 5.33. The highest BCUT2D eigenvalue weighted by atomic mass is 32.2. The van der Waals surface area contributed by atoms with Crippen LogP contribution in [0.25, 0.3) is 0 Å². The van der Waals surface area contributed by atoms with Gasteiger partial charge in [-0.2, -0.15) is 11.3 Å². The Morgan fingerprint density at radius 3 is 2.62 bits per heavy atom. The van der Waals surface area contributed by atoms with Gasteiger partial charge >= 0.3 is 0 Å². The Kier molecular flexibility index (Phi) is 5.39. The fourth-order valence-corrected chi connectivity index (χ4v) is 4.14. The van der Waals surface area contributed by atoms with Crippen LogP contribution in [0, 0.1) is 0 Å². The maximum atomic E-state index is 12.3. The van der Waals surface area contributed by atoms with Crippen molar-refractivity contribution in [2.75, 3.05) is 11.9 Å². The van der Waals surface area contributed by atoms with Crippen LogP contribution in [0.3, 0.4) is 0 Å². The molecule has 2 rings (SSSR count). The van der Waals surface area contributed by atoms with E-state index in [0.717, 1.165) is 6.42 Å². The zero-order chi connectivity index (χ0) is 15.3. The van der Waals surface area contributed by atoms with Crippen LogP contribution in [-0.2, 0) is 16.4 Å². The van der Waals surface area contributed by atoms with Gasteiger partial charge in [0.05, 0.1) is 5.69 Å². The van der Waals surface area contributed by atoms with E-state index in [2.05, 4.69) is 21.5 Å². The summed E-state index contributed by atoms with van der Waals surface area (Å²) in [5.41, 5.74) is 1.90. The molecule has 0 aliphatic heterocycles. The summed E-state index contributed by atoms with van der Waals surface area (Å²) in [5.74, 6) is 0. The highest BCUT2D eigenvalue weighted by molar-refractivity contribution is 7.89. The average Bonchev–Trinajstić information content (AvgIpc) is 2.91. The lowest BCUT2D eigenvalue weighted by molar-refractivity contribution is 0.570. The molecule has 0 aliphatic carbocycles. The van der Waals surface area contributed by atoms with E-state index in [1.807, 2.05) is 25.3 Å². The summed E-state index contributed by atoms with van der Waals surface area (Å²) in [5, 5.41) is 7.36. The van der Waals surface area contributed by atoms with Gasteiger partial charge in [0.15, 0.2) is 0 Å². The summed E-state index contributed by atoms with van der Waals surface area (Å²) in [6, 6.07) is 8.93. The minimum Gasteiger partial charge on any atom is -0.384 e. The minimum atomic E-state index is -3.48. The van der Waals surface area contributed by atoms with Crippen molar-refractivity contribution in [3.8, 4) is 0 Å². The van der Waals surface area contributed by atoms with Gasteiger partial charge in [-0.25, -0.2) is 13.1 Å². The first-order valence-corrected chi connectivity index (χ1v) is 9.28. The molecular formula is C15H20N2O2S2. The van der Waals surface area contributed by atoms with Crippen molar-refractivity contribution in [2.45, 2.75) is 31.2 Å². The quantitative estimate of drug-likeness (QED) is 0.823. The Hall–Kier alpha value is -1.37. The number of benzene rings is 1. The number of hydrogen-bond acceptors (Lipinski definition) is 4. The molecule has 21 heavy (non-hydrogen) atoms. The minimum absolute atomic E-state index is 0.131. The molecule has 0 aliphatic rings. The lowest BCUT2D eigenvalue weighted by atomic mass is 10.2. The molecule has 1 aromatic carbocycles. The molecule has 1 aromatic heterocycles. The van der Waals surface area contributed by atoms with Crippen molar-refractivity contribution >= 4 is 27.0 Å². The standard InChI is InChI=1S/C15H20N2O2S2/c1-12(2)17-21(18,19)15-6-4-3-5-14(15)16-9-7-13-8-10-20-11-13/h3-6,8,10-12,16-17H,7,9H2,1-2H3. The van der Waals surface area contributed by atoms with Crippen LogP contribution in [0.4, 0.5) is 5.69 Å². The first kappa shape index (κ1) is 16.0. The zero-order valence-corrected chi connectivity index (χ0v) is 13.8. The molecule has 0 fully saturated rings. The predicted molar refractivity (Wildman–Crippen MR) is 88.4 cm³/mol. The van der Waals surface area contributed by atoms with Crippen LogP contribution in [-0.4, -0.2) is 21.0 Å². The van der Waals surface area contributed by atoms with E-state index in [1.54, 1.807) is 29.5 Å². The van der Waals surface area contributed by atoms with Gasteiger partial charge in [0.1, 0.15) is 4.90 Å². The Labute approximate surface area is 130 Å². The highest BCUT2D eigenvalue weighted by Gasteiger charge is 2.18. The Balaban J connectivity index is 2.09. The van der Waals surface area contributed by atoms with Crippen LogP contribution in [0.1, 0.15) is 19.4 Å². The van der Waals surface area contributed by atoms with Crippen molar-refractivity contribution in [2.24, 2.45) is 0 Å². The second-order valence-electron chi connectivity index (χ2n) is 5.08. The molecule has 1 heterocycles. The van der Waals surface area contributed by atoms with Gasteiger partial charge in [-0.15, -0.1) is 0 Å². The molecule has 0 atom stereocenters. The maximum Gasteiger partial charge on any atom is 0.242 e. The first-order chi connectivity index (χ1) is 9.99. The molecule has 0 spiro atoms. The number of anilines is 1. The first-order valence-electron chi connectivity index (χ1n) is 6.85. The third kappa shape index (κ3) is 4.56. The van der Waals surface area contributed by atoms with Crippen LogP contribution in [0.5, 0.6) is 0 Å². The average molecular weight is 324 g/mol. The van der Waals surface area contributed by atoms with Gasteiger partial charge in [0.2, 0.25) is 10.0 Å². The highest BCUT2D eigenvalue weighted by Crippen LogP contribution is 2.21. The van der Waals surface area contributed by atoms with E-state index in [-0.39, 0.29) is 6.04 Å².